The highest BCUT2D eigenvalue weighted by Gasteiger charge is 2.29. The lowest BCUT2D eigenvalue weighted by molar-refractivity contribution is 0.196. The van der Waals surface area contributed by atoms with E-state index in [-0.39, 0.29) is 0 Å². The van der Waals surface area contributed by atoms with E-state index in [0.29, 0.717) is 24.0 Å². The molecule has 1 N–H and O–H groups in total. The lowest BCUT2D eigenvalue weighted by Gasteiger charge is -2.34. The minimum atomic E-state index is -3.35. The summed E-state index contributed by atoms with van der Waals surface area (Å²) in [4.78, 5) is 2.57. The first-order valence-corrected chi connectivity index (χ1v) is 8.79. The van der Waals surface area contributed by atoms with E-state index in [0.717, 1.165) is 24.9 Å². The molecule has 1 saturated heterocycles. The molecule has 21 heavy (non-hydrogen) atoms. The van der Waals surface area contributed by atoms with Crippen molar-refractivity contribution in [2.24, 2.45) is 0 Å². The topological polar surface area (TPSA) is 52.7 Å². The molecule has 6 heteroatoms. The van der Waals surface area contributed by atoms with E-state index in [1.165, 1.54) is 0 Å². The number of sulfonamides is 1. The third kappa shape index (κ3) is 3.83. The van der Waals surface area contributed by atoms with Crippen LogP contribution in [-0.2, 0) is 16.6 Å². The summed E-state index contributed by atoms with van der Waals surface area (Å²) in [5.74, 6) is 0. The van der Waals surface area contributed by atoms with Crippen LogP contribution in [0.5, 0.6) is 0 Å². The molecule has 0 unspecified atom stereocenters. The van der Waals surface area contributed by atoms with Gasteiger partial charge in [0.1, 0.15) is 0 Å². The Kier molecular flexibility index (Phi) is 5.37. The van der Waals surface area contributed by atoms with Crippen LogP contribution in [0.2, 0.25) is 0 Å². The summed E-state index contributed by atoms with van der Waals surface area (Å²) in [6.45, 7) is 1.95. The van der Waals surface area contributed by atoms with Crippen molar-refractivity contribution in [3.63, 3.8) is 0 Å². The van der Waals surface area contributed by atoms with Crippen molar-refractivity contribution in [1.29, 1.82) is 0 Å². The zero-order valence-corrected chi connectivity index (χ0v) is 13.9. The van der Waals surface area contributed by atoms with E-state index in [9.17, 15) is 8.42 Å². The predicted octanol–water partition coefficient (Wildman–Crippen LogP) is 1.12. The number of hydrogen-bond donors (Lipinski definition) is 1. The molecule has 1 heterocycles. The van der Waals surface area contributed by atoms with Gasteiger partial charge in [-0.25, -0.2) is 8.42 Å². The molecule has 1 aromatic carbocycles. The molecule has 1 aliphatic rings. The first-order chi connectivity index (χ1) is 9.95. The summed E-state index contributed by atoms with van der Waals surface area (Å²) in [5.41, 5.74) is 1.09. The molecule has 0 bridgehead atoms. The predicted molar refractivity (Wildman–Crippen MR) is 84.7 cm³/mol. The van der Waals surface area contributed by atoms with Crippen LogP contribution in [0.15, 0.2) is 29.2 Å². The summed E-state index contributed by atoms with van der Waals surface area (Å²) in [5, 5.41) is 3.06. The fourth-order valence-electron chi connectivity index (χ4n) is 2.73. The zero-order valence-electron chi connectivity index (χ0n) is 13.0. The highest BCUT2D eigenvalue weighted by molar-refractivity contribution is 7.89. The summed E-state index contributed by atoms with van der Waals surface area (Å²) >= 11 is 0. The number of nitrogens with zero attached hydrogens (tertiary/aromatic N) is 2. The van der Waals surface area contributed by atoms with Gasteiger partial charge < -0.3 is 10.2 Å². The van der Waals surface area contributed by atoms with E-state index in [2.05, 4.69) is 24.3 Å². The Morgan fingerprint density at radius 1 is 1.19 bits per heavy atom. The Bertz CT molecular complexity index is 547. The molecule has 2 rings (SSSR count). The highest BCUT2D eigenvalue weighted by atomic mass is 32.2. The molecule has 1 aromatic rings. The van der Waals surface area contributed by atoms with Gasteiger partial charge in [-0.15, -0.1) is 0 Å². The summed E-state index contributed by atoms with van der Waals surface area (Å²) < 4.78 is 26.9. The van der Waals surface area contributed by atoms with Crippen molar-refractivity contribution >= 4 is 10.0 Å². The minimum Gasteiger partial charge on any atom is -0.316 e. The van der Waals surface area contributed by atoms with Gasteiger partial charge in [0.15, 0.2) is 0 Å². The van der Waals surface area contributed by atoms with Crippen LogP contribution in [0.4, 0.5) is 0 Å². The van der Waals surface area contributed by atoms with Crippen LogP contribution in [0.25, 0.3) is 0 Å². The molecule has 1 fully saturated rings. The number of nitrogens with one attached hydrogen (secondary N) is 1. The van der Waals surface area contributed by atoms with Gasteiger partial charge in [0.2, 0.25) is 10.0 Å². The Labute approximate surface area is 128 Å². The second kappa shape index (κ2) is 6.87. The monoisotopic (exact) mass is 311 g/mol. The van der Waals surface area contributed by atoms with Crippen molar-refractivity contribution < 1.29 is 8.42 Å². The molecule has 0 atom stereocenters. The third-order valence-corrected chi connectivity index (χ3v) is 6.01. The molecular weight excluding hydrogens is 286 g/mol. The van der Waals surface area contributed by atoms with E-state index < -0.39 is 10.0 Å². The first kappa shape index (κ1) is 16.4. The van der Waals surface area contributed by atoms with Crippen LogP contribution in [0.3, 0.4) is 0 Å². The molecule has 118 valence electrons. The second-order valence-electron chi connectivity index (χ2n) is 5.77. The smallest absolute Gasteiger partial charge is 0.243 e. The standard InChI is InChI=1S/C15H25N3O2S/c1-16-12-13-4-6-15(7-5-13)21(19,20)18-10-8-14(9-11-18)17(2)3/h4-7,14,16H,8-12H2,1-3H3. The van der Waals surface area contributed by atoms with E-state index >= 15 is 0 Å². The molecule has 0 aromatic heterocycles. The Morgan fingerprint density at radius 3 is 2.24 bits per heavy atom. The Balaban J connectivity index is 2.08. The van der Waals surface area contributed by atoms with Gasteiger partial charge in [-0.3, -0.25) is 0 Å². The van der Waals surface area contributed by atoms with Crippen LogP contribution in [0, 0.1) is 0 Å². The maximum atomic E-state index is 12.6. The molecule has 0 amide bonds. The van der Waals surface area contributed by atoms with E-state index in [4.69, 9.17) is 0 Å². The lowest BCUT2D eigenvalue weighted by Crippen LogP contribution is -2.44. The second-order valence-corrected chi connectivity index (χ2v) is 7.71. The normalized spacial score (nSPS) is 18.3. The van der Waals surface area contributed by atoms with Crippen molar-refractivity contribution in [2.45, 2.75) is 30.3 Å². The van der Waals surface area contributed by atoms with Gasteiger partial charge >= 0.3 is 0 Å². The molecule has 1 aliphatic heterocycles. The quantitative estimate of drug-likeness (QED) is 0.885. The van der Waals surface area contributed by atoms with Crippen molar-refractivity contribution in [2.75, 3.05) is 34.2 Å². The minimum absolute atomic E-state index is 0.394. The average molecular weight is 311 g/mol. The SMILES string of the molecule is CNCc1ccc(S(=O)(=O)N2CCC(N(C)C)CC2)cc1. The number of hydrogen-bond acceptors (Lipinski definition) is 4. The number of benzene rings is 1. The largest absolute Gasteiger partial charge is 0.316 e. The first-order valence-electron chi connectivity index (χ1n) is 7.35. The third-order valence-electron chi connectivity index (χ3n) is 4.10. The fraction of sp³-hybridized carbons (Fsp3) is 0.600. The van der Waals surface area contributed by atoms with Crippen molar-refractivity contribution in [3.8, 4) is 0 Å². The molecule has 0 radical (unpaired) electrons. The van der Waals surface area contributed by atoms with E-state index in [1.807, 2.05) is 19.2 Å². The Hall–Kier alpha value is -0.950. The van der Waals surface area contributed by atoms with Gasteiger partial charge in [-0.05, 0) is 51.7 Å². The maximum Gasteiger partial charge on any atom is 0.243 e. The summed E-state index contributed by atoms with van der Waals surface area (Å²) in [7, 11) is 2.63. The summed E-state index contributed by atoms with van der Waals surface area (Å²) in [6, 6.07) is 7.64. The molecular formula is C15H25N3O2S. The van der Waals surface area contributed by atoms with Crippen LogP contribution in [-0.4, -0.2) is 57.9 Å². The fourth-order valence-corrected chi connectivity index (χ4v) is 4.20. The van der Waals surface area contributed by atoms with Gasteiger partial charge in [-0.2, -0.15) is 4.31 Å². The molecule has 5 nitrogen and oxygen atoms in total. The lowest BCUT2D eigenvalue weighted by atomic mass is 10.1. The highest BCUT2D eigenvalue weighted by Crippen LogP contribution is 2.22. The molecule has 0 saturated carbocycles. The summed E-state index contributed by atoms with van der Waals surface area (Å²) in [6.07, 6.45) is 1.79. The van der Waals surface area contributed by atoms with Gasteiger partial charge in [0, 0.05) is 25.7 Å². The van der Waals surface area contributed by atoms with Crippen LogP contribution >= 0.6 is 0 Å². The average Bonchev–Trinajstić information content (AvgIpc) is 2.48. The number of piperidine rings is 1. The number of rotatable bonds is 5. The van der Waals surface area contributed by atoms with Crippen molar-refractivity contribution in [1.82, 2.24) is 14.5 Å². The maximum absolute atomic E-state index is 12.6. The van der Waals surface area contributed by atoms with Gasteiger partial charge in [-0.1, -0.05) is 12.1 Å². The van der Waals surface area contributed by atoms with Crippen molar-refractivity contribution in [3.05, 3.63) is 29.8 Å². The van der Waals surface area contributed by atoms with Crippen LogP contribution < -0.4 is 5.32 Å². The molecule has 0 aliphatic carbocycles. The zero-order chi connectivity index (χ0) is 15.5. The Morgan fingerprint density at radius 2 is 1.76 bits per heavy atom. The van der Waals surface area contributed by atoms with Gasteiger partial charge in [0.25, 0.3) is 0 Å². The van der Waals surface area contributed by atoms with E-state index in [1.54, 1.807) is 16.4 Å². The van der Waals surface area contributed by atoms with Crippen LogP contribution in [0.1, 0.15) is 18.4 Å². The molecule has 0 spiro atoms. The van der Waals surface area contributed by atoms with Gasteiger partial charge in [0.05, 0.1) is 4.90 Å².